The van der Waals surface area contributed by atoms with E-state index in [1.54, 1.807) is 6.07 Å². The second-order valence-electron chi connectivity index (χ2n) is 5.06. The first-order valence-corrected chi connectivity index (χ1v) is 7.02. The quantitative estimate of drug-likeness (QED) is 0.892. The van der Waals surface area contributed by atoms with Crippen LogP contribution < -0.4 is 11.1 Å². The molecule has 1 saturated heterocycles. The van der Waals surface area contributed by atoms with Crippen molar-refractivity contribution >= 4 is 29.9 Å². The molecule has 1 aromatic carbocycles. The van der Waals surface area contributed by atoms with E-state index in [0.29, 0.717) is 17.8 Å². The van der Waals surface area contributed by atoms with Gasteiger partial charge in [-0.2, -0.15) is 0 Å². The highest BCUT2D eigenvalue weighted by Crippen LogP contribution is 2.22. The lowest BCUT2D eigenvalue weighted by atomic mass is 10.1. The molecule has 1 fully saturated rings. The third kappa shape index (κ3) is 4.19. The highest BCUT2D eigenvalue weighted by atomic mass is 35.5. The van der Waals surface area contributed by atoms with Gasteiger partial charge in [0.1, 0.15) is 0 Å². The van der Waals surface area contributed by atoms with E-state index >= 15 is 0 Å². The smallest absolute Gasteiger partial charge is 0.254 e. The van der Waals surface area contributed by atoms with Crippen LogP contribution in [0.3, 0.4) is 0 Å². The lowest BCUT2D eigenvalue weighted by molar-refractivity contribution is -0.116. The fraction of sp³-hybridized carbons (Fsp3) is 0.467. The maximum atomic E-state index is 12.4. The lowest BCUT2D eigenvalue weighted by Gasteiger charge is -2.18. The highest BCUT2D eigenvalue weighted by Gasteiger charge is 2.21. The average molecular weight is 312 g/mol. The molecule has 0 bridgehead atoms. The number of halogens is 1. The minimum Gasteiger partial charge on any atom is -0.339 e. The summed E-state index contributed by atoms with van der Waals surface area (Å²) in [6.07, 6.45) is 2.42. The van der Waals surface area contributed by atoms with Gasteiger partial charge in [0.05, 0.1) is 0 Å². The Morgan fingerprint density at radius 1 is 1.29 bits per heavy atom. The Morgan fingerprint density at radius 2 is 1.95 bits per heavy atom. The first-order chi connectivity index (χ1) is 9.63. The summed E-state index contributed by atoms with van der Waals surface area (Å²) >= 11 is 0. The summed E-state index contributed by atoms with van der Waals surface area (Å²) in [7, 11) is 0. The second kappa shape index (κ2) is 8.00. The summed E-state index contributed by atoms with van der Waals surface area (Å²) in [5.41, 5.74) is 7.53. The lowest BCUT2D eigenvalue weighted by Crippen LogP contribution is -2.28. The topological polar surface area (TPSA) is 75.4 Å². The van der Waals surface area contributed by atoms with E-state index < -0.39 is 0 Å². The number of anilines is 1. The highest BCUT2D eigenvalue weighted by molar-refractivity contribution is 5.99. The summed E-state index contributed by atoms with van der Waals surface area (Å²) in [5.74, 6) is -0.0729. The van der Waals surface area contributed by atoms with Gasteiger partial charge in [-0.25, -0.2) is 0 Å². The van der Waals surface area contributed by atoms with Crippen LogP contribution in [0.15, 0.2) is 18.2 Å². The van der Waals surface area contributed by atoms with Crippen molar-refractivity contribution in [1.82, 2.24) is 4.90 Å². The Morgan fingerprint density at radius 3 is 2.57 bits per heavy atom. The van der Waals surface area contributed by atoms with Crippen LogP contribution >= 0.6 is 12.4 Å². The van der Waals surface area contributed by atoms with Crippen molar-refractivity contribution in [2.45, 2.75) is 26.2 Å². The molecule has 5 nitrogen and oxygen atoms in total. The van der Waals surface area contributed by atoms with Crippen molar-refractivity contribution in [2.24, 2.45) is 5.73 Å². The number of amides is 2. The molecule has 0 atom stereocenters. The van der Waals surface area contributed by atoms with Crippen LogP contribution in [0, 0.1) is 6.92 Å². The predicted octanol–water partition coefficient (Wildman–Crippen LogP) is 1.94. The van der Waals surface area contributed by atoms with Crippen LogP contribution in [-0.2, 0) is 4.79 Å². The Balaban J connectivity index is 0.00000220. The molecule has 0 unspecified atom stereocenters. The maximum Gasteiger partial charge on any atom is 0.254 e. The van der Waals surface area contributed by atoms with Gasteiger partial charge in [-0.05, 0) is 37.5 Å². The molecule has 1 aliphatic rings. The zero-order valence-corrected chi connectivity index (χ0v) is 13.0. The number of hydrogen-bond donors (Lipinski definition) is 2. The fourth-order valence-electron chi connectivity index (χ4n) is 2.44. The van der Waals surface area contributed by atoms with Crippen molar-refractivity contribution in [3.63, 3.8) is 0 Å². The van der Waals surface area contributed by atoms with Gasteiger partial charge in [0, 0.05) is 37.3 Å². The van der Waals surface area contributed by atoms with Gasteiger partial charge in [0.15, 0.2) is 0 Å². The van der Waals surface area contributed by atoms with E-state index in [4.69, 9.17) is 5.73 Å². The molecular weight excluding hydrogens is 290 g/mol. The molecule has 1 heterocycles. The summed E-state index contributed by atoms with van der Waals surface area (Å²) in [6, 6.07) is 5.42. The van der Waals surface area contributed by atoms with Gasteiger partial charge in [-0.3, -0.25) is 9.59 Å². The molecule has 0 spiro atoms. The molecule has 3 N–H and O–H groups in total. The van der Waals surface area contributed by atoms with Crippen LogP contribution in [0.1, 0.15) is 35.2 Å². The number of likely N-dealkylation sites (tertiary alicyclic amines) is 1. The normalized spacial score (nSPS) is 13.7. The predicted molar refractivity (Wildman–Crippen MR) is 85.9 cm³/mol. The molecule has 0 saturated carbocycles. The van der Waals surface area contributed by atoms with Gasteiger partial charge in [-0.15, -0.1) is 12.4 Å². The first-order valence-electron chi connectivity index (χ1n) is 7.02. The van der Waals surface area contributed by atoms with E-state index in [0.717, 1.165) is 31.5 Å². The van der Waals surface area contributed by atoms with Crippen molar-refractivity contribution in [1.29, 1.82) is 0 Å². The molecule has 6 heteroatoms. The van der Waals surface area contributed by atoms with Crippen LogP contribution in [0.2, 0.25) is 0 Å². The molecule has 0 aliphatic carbocycles. The number of rotatable bonds is 4. The van der Waals surface area contributed by atoms with E-state index in [1.165, 1.54) is 0 Å². The number of nitrogens with zero attached hydrogens (tertiary/aromatic N) is 1. The van der Waals surface area contributed by atoms with Gasteiger partial charge in [-0.1, -0.05) is 6.07 Å². The SMILES string of the molecule is Cc1c(NC(=O)CCN)cccc1C(=O)N1CCCC1.Cl. The van der Waals surface area contributed by atoms with Gasteiger partial charge >= 0.3 is 0 Å². The Bertz CT molecular complexity index is 514. The Kier molecular flexibility index (Phi) is 6.65. The third-order valence-corrected chi connectivity index (χ3v) is 3.60. The number of hydrogen-bond acceptors (Lipinski definition) is 3. The zero-order chi connectivity index (χ0) is 14.5. The monoisotopic (exact) mass is 311 g/mol. The summed E-state index contributed by atoms with van der Waals surface area (Å²) < 4.78 is 0. The third-order valence-electron chi connectivity index (χ3n) is 3.60. The molecular formula is C15H22ClN3O2. The number of nitrogens with two attached hydrogens (primary N) is 1. The fourth-order valence-corrected chi connectivity index (χ4v) is 2.44. The zero-order valence-electron chi connectivity index (χ0n) is 12.2. The first kappa shape index (κ1) is 17.5. The molecule has 2 amide bonds. The average Bonchev–Trinajstić information content (AvgIpc) is 2.95. The van der Waals surface area contributed by atoms with Gasteiger partial charge in [0.25, 0.3) is 5.91 Å². The number of nitrogens with one attached hydrogen (secondary N) is 1. The molecule has 21 heavy (non-hydrogen) atoms. The van der Waals surface area contributed by atoms with Crippen molar-refractivity contribution in [3.8, 4) is 0 Å². The van der Waals surface area contributed by atoms with E-state index in [-0.39, 0.29) is 30.6 Å². The summed E-state index contributed by atoms with van der Waals surface area (Å²) in [4.78, 5) is 25.9. The molecule has 0 radical (unpaired) electrons. The molecule has 0 aromatic heterocycles. The van der Waals surface area contributed by atoms with Crippen LogP contribution in [0.5, 0.6) is 0 Å². The molecule has 2 rings (SSSR count). The molecule has 1 aromatic rings. The van der Waals surface area contributed by atoms with E-state index in [2.05, 4.69) is 5.32 Å². The number of carbonyl (C=O) groups is 2. The largest absolute Gasteiger partial charge is 0.339 e. The van der Waals surface area contributed by atoms with Gasteiger partial charge < -0.3 is 16.0 Å². The maximum absolute atomic E-state index is 12.4. The Hall–Kier alpha value is -1.59. The minimum absolute atomic E-state index is 0. The van der Waals surface area contributed by atoms with E-state index in [9.17, 15) is 9.59 Å². The summed E-state index contributed by atoms with van der Waals surface area (Å²) in [5, 5.41) is 2.81. The van der Waals surface area contributed by atoms with Crippen LogP contribution in [-0.4, -0.2) is 36.3 Å². The van der Waals surface area contributed by atoms with Crippen molar-refractivity contribution < 1.29 is 9.59 Å². The van der Waals surface area contributed by atoms with Gasteiger partial charge in [0.2, 0.25) is 5.91 Å². The number of carbonyl (C=O) groups excluding carboxylic acids is 2. The minimum atomic E-state index is -0.124. The van der Waals surface area contributed by atoms with Crippen molar-refractivity contribution in [3.05, 3.63) is 29.3 Å². The second-order valence-corrected chi connectivity index (χ2v) is 5.06. The van der Waals surface area contributed by atoms with Crippen LogP contribution in [0.25, 0.3) is 0 Å². The molecule has 1 aliphatic heterocycles. The standard InChI is InChI=1S/C15H21N3O2.ClH/c1-11-12(15(20)18-9-2-3-10-18)5-4-6-13(11)17-14(19)7-8-16;/h4-6H,2-3,7-10,16H2,1H3,(H,17,19);1H. The summed E-state index contributed by atoms with van der Waals surface area (Å²) in [6.45, 7) is 3.82. The molecule has 116 valence electrons. The van der Waals surface area contributed by atoms with Crippen LogP contribution in [0.4, 0.5) is 5.69 Å². The Labute approximate surface area is 131 Å². The number of benzene rings is 1. The van der Waals surface area contributed by atoms with Crippen molar-refractivity contribution in [2.75, 3.05) is 25.0 Å². The van der Waals surface area contributed by atoms with E-state index in [1.807, 2.05) is 24.0 Å².